The van der Waals surface area contributed by atoms with Crippen LogP contribution in [0.4, 0.5) is 13.2 Å². The maximum atomic E-state index is 13.0. The standard InChI is InChI=1S/C19H22F3N3O5S/c1-11-24-17(25-30-11)18(2,10-31(3,27)28)7-15(26)14-6-16(29-9-19(20,21)22)13(8-23-14)12-4-5-12/h6,8,12H,4-5,7,9-10H2,1-3H3/t18-/m1/s1. The molecule has 2 heterocycles. The van der Waals surface area contributed by atoms with Crippen molar-refractivity contribution in [2.45, 2.75) is 50.6 Å². The summed E-state index contributed by atoms with van der Waals surface area (Å²) in [6.07, 6.45) is -0.883. The van der Waals surface area contributed by atoms with Crippen LogP contribution in [0.15, 0.2) is 16.8 Å². The molecule has 0 unspecified atom stereocenters. The predicted molar refractivity (Wildman–Crippen MR) is 103 cm³/mol. The monoisotopic (exact) mass is 461 g/mol. The smallest absolute Gasteiger partial charge is 0.422 e. The number of sulfone groups is 1. The summed E-state index contributed by atoms with van der Waals surface area (Å²) in [6.45, 7) is 1.55. The zero-order valence-electron chi connectivity index (χ0n) is 17.2. The van der Waals surface area contributed by atoms with Gasteiger partial charge in [-0.25, -0.2) is 8.42 Å². The second kappa shape index (κ2) is 8.21. The molecule has 0 amide bonds. The first-order chi connectivity index (χ1) is 14.3. The molecular weight excluding hydrogens is 439 g/mol. The summed E-state index contributed by atoms with van der Waals surface area (Å²) in [5.74, 6) is -0.741. The maximum Gasteiger partial charge on any atom is 0.422 e. The van der Waals surface area contributed by atoms with Crippen LogP contribution < -0.4 is 4.74 Å². The lowest BCUT2D eigenvalue weighted by Gasteiger charge is -2.24. The number of Topliss-reactive ketones (excluding diaryl/α,β-unsaturated/α-hetero) is 1. The van der Waals surface area contributed by atoms with Gasteiger partial charge in [-0.05, 0) is 18.8 Å². The average molecular weight is 461 g/mol. The number of hydrogen-bond acceptors (Lipinski definition) is 8. The highest BCUT2D eigenvalue weighted by Crippen LogP contribution is 2.44. The Bertz CT molecular complexity index is 1080. The van der Waals surface area contributed by atoms with E-state index in [4.69, 9.17) is 9.26 Å². The molecule has 0 saturated heterocycles. The van der Waals surface area contributed by atoms with Gasteiger partial charge in [0.1, 0.15) is 21.3 Å². The van der Waals surface area contributed by atoms with Crippen LogP contribution in [-0.2, 0) is 15.3 Å². The summed E-state index contributed by atoms with van der Waals surface area (Å²) in [7, 11) is -3.54. The normalized spacial score (nSPS) is 16.7. The molecule has 0 bridgehead atoms. The van der Waals surface area contributed by atoms with E-state index in [1.54, 1.807) is 0 Å². The van der Waals surface area contributed by atoms with Crippen molar-refractivity contribution in [2.75, 3.05) is 18.6 Å². The molecule has 1 atom stereocenters. The van der Waals surface area contributed by atoms with Gasteiger partial charge in [0.15, 0.2) is 18.2 Å². The molecule has 12 heteroatoms. The van der Waals surface area contributed by atoms with Gasteiger partial charge in [0, 0.05) is 37.4 Å². The van der Waals surface area contributed by atoms with E-state index in [1.165, 1.54) is 26.1 Å². The summed E-state index contributed by atoms with van der Waals surface area (Å²) in [4.78, 5) is 21.1. The molecule has 2 aromatic heterocycles. The van der Waals surface area contributed by atoms with Gasteiger partial charge in [-0.2, -0.15) is 18.2 Å². The van der Waals surface area contributed by atoms with Gasteiger partial charge in [0.25, 0.3) is 0 Å². The van der Waals surface area contributed by atoms with Crippen molar-refractivity contribution >= 4 is 15.6 Å². The van der Waals surface area contributed by atoms with E-state index in [0.717, 1.165) is 19.1 Å². The van der Waals surface area contributed by atoms with E-state index in [-0.39, 0.29) is 35.5 Å². The van der Waals surface area contributed by atoms with Crippen LogP contribution in [0.25, 0.3) is 0 Å². The van der Waals surface area contributed by atoms with Crippen LogP contribution in [0.3, 0.4) is 0 Å². The van der Waals surface area contributed by atoms with E-state index < -0.39 is 39.6 Å². The number of pyridine rings is 1. The van der Waals surface area contributed by atoms with Crippen LogP contribution in [-0.4, -0.2) is 54.1 Å². The second-order valence-corrected chi connectivity index (χ2v) is 10.3. The van der Waals surface area contributed by atoms with E-state index in [1.807, 2.05) is 0 Å². The van der Waals surface area contributed by atoms with Crippen molar-refractivity contribution in [2.24, 2.45) is 0 Å². The van der Waals surface area contributed by atoms with Crippen molar-refractivity contribution in [1.82, 2.24) is 15.1 Å². The Balaban J connectivity index is 1.89. The molecule has 170 valence electrons. The van der Waals surface area contributed by atoms with Crippen molar-refractivity contribution in [1.29, 1.82) is 0 Å². The molecular formula is C19H22F3N3O5S. The number of ketones is 1. The molecule has 0 N–H and O–H groups in total. The lowest BCUT2D eigenvalue weighted by atomic mass is 9.85. The van der Waals surface area contributed by atoms with E-state index in [2.05, 4.69) is 15.1 Å². The number of aryl methyl sites for hydroxylation is 1. The van der Waals surface area contributed by atoms with Gasteiger partial charge in [0.05, 0.1) is 11.2 Å². The Morgan fingerprint density at radius 3 is 2.52 bits per heavy atom. The van der Waals surface area contributed by atoms with Crippen molar-refractivity contribution in [3.63, 3.8) is 0 Å². The molecule has 2 aromatic rings. The summed E-state index contributed by atoms with van der Waals surface area (Å²) in [5, 5.41) is 3.77. The van der Waals surface area contributed by atoms with Crippen LogP contribution in [0.1, 0.15) is 59.9 Å². The highest BCUT2D eigenvalue weighted by molar-refractivity contribution is 7.90. The number of aromatic nitrogens is 3. The fourth-order valence-electron chi connectivity index (χ4n) is 3.35. The molecule has 0 aliphatic heterocycles. The topological polar surface area (TPSA) is 112 Å². The zero-order valence-corrected chi connectivity index (χ0v) is 18.0. The number of carbonyl (C=O) groups is 1. The Labute approximate surface area is 177 Å². The third kappa shape index (κ3) is 6.25. The van der Waals surface area contributed by atoms with E-state index in [9.17, 15) is 26.4 Å². The highest BCUT2D eigenvalue weighted by Gasteiger charge is 2.39. The number of nitrogens with zero attached hydrogens (tertiary/aromatic N) is 3. The van der Waals surface area contributed by atoms with Crippen LogP contribution >= 0.6 is 0 Å². The summed E-state index contributed by atoms with van der Waals surface area (Å²) in [5.41, 5.74) is -0.915. The fraction of sp³-hybridized carbons (Fsp3) is 0.579. The lowest BCUT2D eigenvalue weighted by molar-refractivity contribution is -0.153. The minimum atomic E-state index is -4.53. The molecule has 31 heavy (non-hydrogen) atoms. The Kier molecular flexibility index (Phi) is 6.14. The number of alkyl halides is 3. The number of rotatable bonds is 9. The van der Waals surface area contributed by atoms with Crippen molar-refractivity contribution in [3.05, 3.63) is 35.2 Å². The molecule has 8 nitrogen and oxygen atoms in total. The molecule has 1 aliphatic rings. The van der Waals surface area contributed by atoms with Gasteiger partial charge in [-0.1, -0.05) is 12.1 Å². The van der Waals surface area contributed by atoms with E-state index >= 15 is 0 Å². The molecule has 3 rings (SSSR count). The minimum absolute atomic E-state index is 0.0432. The predicted octanol–water partition coefficient (Wildman–Crippen LogP) is 3.17. The first kappa shape index (κ1) is 23.2. The number of carbonyl (C=O) groups excluding carboxylic acids is 1. The average Bonchev–Trinajstić information content (AvgIpc) is 3.37. The SMILES string of the molecule is Cc1nc([C@](C)(CC(=O)c2cc(OCC(F)(F)F)c(C3CC3)cn2)CS(C)(=O)=O)no1. The molecule has 1 saturated carbocycles. The summed E-state index contributed by atoms with van der Waals surface area (Å²) >= 11 is 0. The molecule has 1 aliphatic carbocycles. The third-order valence-electron chi connectivity index (χ3n) is 4.79. The number of ether oxygens (including phenoxy) is 1. The van der Waals surface area contributed by atoms with Gasteiger partial charge in [-0.15, -0.1) is 0 Å². The number of halogens is 3. The lowest BCUT2D eigenvalue weighted by Crippen LogP contribution is -2.35. The summed E-state index contributed by atoms with van der Waals surface area (Å²) in [6, 6.07) is 1.18. The molecule has 0 radical (unpaired) electrons. The van der Waals surface area contributed by atoms with E-state index in [0.29, 0.717) is 5.56 Å². The van der Waals surface area contributed by atoms with Gasteiger partial charge < -0.3 is 9.26 Å². The van der Waals surface area contributed by atoms with Crippen molar-refractivity contribution in [3.8, 4) is 5.75 Å². The molecule has 0 aromatic carbocycles. The van der Waals surface area contributed by atoms with Crippen LogP contribution in [0, 0.1) is 6.92 Å². The molecule has 1 fully saturated rings. The number of hydrogen-bond donors (Lipinski definition) is 0. The Morgan fingerprint density at radius 1 is 1.32 bits per heavy atom. The Morgan fingerprint density at radius 2 is 2.00 bits per heavy atom. The first-order valence-electron chi connectivity index (χ1n) is 9.47. The Hall–Kier alpha value is -2.50. The first-order valence-corrected chi connectivity index (χ1v) is 11.5. The maximum absolute atomic E-state index is 13.0. The second-order valence-electron chi connectivity index (χ2n) is 8.15. The van der Waals surface area contributed by atoms with Gasteiger partial charge >= 0.3 is 6.18 Å². The largest absolute Gasteiger partial charge is 0.484 e. The quantitative estimate of drug-likeness (QED) is 0.524. The van der Waals surface area contributed by atoms with Gasteiger partial charge in [0.2, 0.25) is 5.89 Å². The zero-order chi connectivity index (χ0) is 23.0. The van der Waals surface area contributed by atoms with Crippen LogP contribution in [0.5, 0.6) is 5.75 Å². The van der Waals surface area contributed by atoms with Crippen LogP contribution in [0.2, 0.25) is 0 Å². The third-order valence-corrected chi connectivity index (χ3v) is 5.95. The summed E-state index contributed by atoms with van der Waals surface area (Å²) < 4.78 is 71.7. The van der Waals surface area contributed by atoms with Crippen molar-refractivity contribution < 1.29 is 35.6 Å². The van der Waals surface area contributed by atoms with Gasteiger partial charge in [-0.3, -0.25) is 9.78 Å². The highest BCUT2D eigenvalue weighted by atomic mass is 32.2. The minimum Gasteiger partial charge on any atom is -0.484 e. The molecule has 0 spiro atoms. The fourth-order valence-corrected chi connectivity index (χ4v) is 4.74.